The first-order valence-electron chi connectivity index (χ1n) is 14.2. The summed E-state index contributed by atoms with van der Waals surface area (Å²) in [4.78, 5) is 13.4. The van der Waals surface area contributed by atoms with Crippen LogP contribution in [0.5, 0.6) is 6.01 Å². The monoisotopic (exact) mass is 611 g/mol. The molecule has 2 unspecified atom stereocenters. The molecule has 0 saturated carbocycles. The van der Waals surface area contributed by atoms with Gasteiger partial charge in [-0.3, -0.25) is 4.90 Å². The number of hydrogen-bond acceptors (Lipinski definition) is 9. The number of aryl methyl sites for hydroxylation is 1. The first kappa shape index (κ1) is 28.1. The molecule has 3 fully saturated rings. The van der Waals surface area contributed by atoms with Crippen molar-refractivity contribution in [2.75, 3.05) is 43.9 Å². The van der Waals surface area contributed by atoms with E-state index in [9.17, 15) is 18.4 Å². The summed E-state index contributed by atoms with van der Waals surface area (Å²) in [5, 5.41) is 13.6. The minimum atomic E-state index is -4.91. The molecule has 4 aromatic rings. The Balaban J connectivity index is 1.49. The fourth-order valence-corrected chi connectivity index (χ4v) is 7.71. The van der Waals surface area contributed by atoms with E-state index < -0.39 is 23.1 Å². The number of thiophene rings is 1. The molecular formula is C30H29F4N7OS. The number of hydrogen-bond donors (Lipinski definition) is 2. The normalized spacial score (nSPS) is 22.3. The van der Waals surface area contributed by atoms with Gasteiger partial charge in [0, 0.05) is 62.7 Å². The molecule has 3 aliphatic heterocycles. The minimum Gasteiger partial charge on any atom is -0.462 e. The number of nitrogens with two attached hydrogens (primary N) is 1. The van der Waals surface area contributed by atoms with Gasteiger partial charge in [0.15, 0.2) is 5.82 Å². The maximum absolute atomic E-state index is 16.9. The lowest BCUT2D eigenvalue weighted by Gasteiger charge is -2.37. The van der Waals surface area contributed by atoms with Crippen LogP contribution in [0, 0.1) is 24.1 Å². The number of fused-ring (bicyclic) bond motifs is 4. The summed E-state index contributed by atoms with van der Waals surface area (Å²) in [5.41, 5.74) is 4.11. The van der Waals surface area contributed by atoms with Crippen LogP contribution < -0.4 is 20.7 Å². The Labute approximate surface area is 249 Å². The molecular weight excluding hydrogens is 582 g/mol. The van der Waals surface area contributed by atoms with Crippen molar-refractivity contribution in [1.29, 1.82) is 5.26 Å². The summed E-state index contributed by atoms with van der Waals surface area (Å²) >= 11 is 1.18. The van der Waals surface area contributed by atoms with Crippen LogP contribution in [-0.4, -0.2) is 66.3 Å². The molecule has 13 heteroatoms. The van der Waals surface area contributed by atoms with Gasteiger partial charge in [-0.1, -0.05) is 0 Å². The van der Waals surface area contributed by atoms with Crippen molar-refractivity contribution in [3.05, 3.63) is 40.0 Å². The standard InChI is InChI=1S/C30H29F4N7OS/c1-14-23(24-19(10-35)21(36)5-6-22(24)43-14)25-20(30(32,33)34)9-18-27(26(25)31)38-29(42-13-17-7-8-40(17)2)39-28(18)41-11-15-3-4-16(12-41)37-15/h5-6,9,15-17,37H,3-4,7-8,11-13,36H2,1-2H3/t15?,16?,17-/m0/s1. The Hall–Kier alpha value is -3.73. The Morgan fingerprint density at radius 3 is 2.53 bits per heavy atom. The van der Waals surface area contributed by atoms with Gasteiger partial charge >= 0.3 is 12.2 Å². The molecule has 8 nitrogen and oxygen atoms in total. The molecule has 3 atom stereocenters. The first-order valence-corrected chi connectivity index (χ1v) is 15.0. The highest BCUT2D eigenvalue weighted by molar-refractivity contribution is 7.19. The molecule has 224 valence electrons. The quantitative estimate of drug-likeness (QED) is 0.227. The number of likely N-dealkylation sites (tertiary alicyclic amines) is 1. The Morgan fingerprint density at radius 2 is 1.91 bits per heavy atom. The van der Waals surface area contributed by atoms with Crippen LogP contribution in [0.1, 0.15) is 35.3 Å². The van der Waals surface area contributed by atoms with Crippen LogP contribution in [0.3, 0.4) is 0 Å². The van der Waals surface area contributed by atoms with E-state index in [0.717, 1.165) is 31.9 Å². The van der Waals surface area contributed by atoms with Crippen LogP contribution in [0.25, 0.3) is 32.1 Å². The number of rotatable bonds is 5. The molecule has 3 saturated heterocycles. The third-order valence-electron chi connectivity index (χ3n) is 8.98. The first-order chi connectivity index (χ1) is 20.5. The van der Waals surface area contributed by atoms with Crippen molar-refractivity contribution in [2.45, 2.75) is 50.5 Å². The number of nitrogen functional groups attached to an aromatic ring is 1. The Bertz CT molecular complexity index is 1810. The maximum atomic E-state index is 16.9. The van der Waals surface area contributed by atoms with Gasteiger partial charge in [0.1, 0.15) is 24.0 Å². The lowest BCUT2D eigenvalue weighted by atomic mass is 9.92. The van der Waals surface area contributed by atoms with E-state index in [0.29, 0.717) is 22.7 Å². The molecule has 2 bridgehead atoms. The van der Waals surface area contributed by atoms with Crippen molar-refractivity contribution in [2.24, 2.45) is 0 Å². The van der Waals surface area contributed by atoms with Crippen LogP contribution in [0.2, 0.25) is 0 Å². The van der Waals surface area contributed by atoms with Gasteiger partial charge in [-0.15, -0.1) is 11.3 Å². The zero-order chi connectivity index (χ0) is 30.2. The number of nitriles is 1. The number of benzene rings is 2. The summed E-state index contributed by atoms with van der Waals surface area (Å²) < 4.78 is 68.0. The Morgan fingerprint density at radius 1 is 1.16 bits per heavy atom. The Kier molecular flexibility index (Phi) is 6.64. The molecule has 2 aromatic heterocycles. The number of anilines is 2. The van der Waals surface area contributed by atoms with Crippen molar-refractivity contribution < 1.29 is 22.3 Å². The second kappa shape index (κ2) is 10.2. The van der Waals surface area contributed by atoms with Crippen LogP contribution >= 0.6 is 11.3 Å². The third-order valence-corrected chi connectivity index (χ3v) is 10.1. The van der Waals surface area contributed by atoms with E-state index in [2.05, 4.69) is 20.2 Å². The van der Waals surface area contributed by atoms with Crippen LogP contribution in [0.4, 0.5) is 29.1 Å². The van der Waals surface area contributed by atoms with Gasteiger partial charge in [-0.05, 0) is 58.0 Å². The van der Waals surface area contributed by atoms with Crippen molar-refractivity contribution in [3.63, 3.8) is 0 Å². The lowest BCUT2D eigenvalue weighted by Crippen LogP contribution is -2.51. The third kappa shape index (κ3) is 4.63. The maximum Gasteiger partial charge on any atom is 0.417 e. The number of alkyl halides is 3. The average molecular weight is 612 g/mol. The van der Waals surface area contributed by atoms with Crippen LogP contribution in [0.15, 0.2) is 18.2 Å². The van der Waals surface area contributed by atoms with Gasteiger partial charge in [-0.25, -0.2) is 4.39 Å². The largest absolute Gasteiger partial charge is 0.462 e. The molecule has 0 amide bonds. The van der Waals surface area contributed by atoms with E-state index >= 15 is 4.39 Å². The molecule has 3 N–H and O–H groups in total. The number of nitrogens with zero attached hydrogens (tertiary/aromatic N) is 5. The van der Waals surface area contributed by atoms with Gasteiger partial charge in [0.2, 0.25) is 0 Å². The highest BCUT2D eigenvalue weighted by Crippen LogP contribution is 2.49. The van der Waals surface area contributed by atoms with Crippen LogP contribution in [-0.2, 0) is 6.18 Å². The molecule has 2 aromatic carbocycles. The molecule has 43 heavy (non-hydrogen) atoms. The zero-order valence-corrected chi connectivity index (χ0v) is 24.4. The summed E-state index contributed by atoms with van der Waals surface area (Å²) in [5.74, 6) is -0.906. The van der Waals surface area contributed by atoms with Gasteiger partial charge in [-0.2, -0.15) is 28.4 Å². The number of aromatic nitrogens is 2. The second-order valence-electron chi connectivity index (χ2n) is 11.7. The summed E-state index contributed by atoms with van der Waals surface area (Å²) in [6.07, 6.45) is -2.09. The molecule has 0 aliphatic carbocycles. The van der Waals surface area contributed by atoms with Gasteiger partial charge in [0.05, 0.1) is 16.8 Å². The topological polar surface area (TPSA) is 103 Å². The smallest absolute Gasteiger partial charge is 0.417 e. The molecule has 7 rings (SSSR count). The lowest BCUT2D eigenvalue weighted by molar-refractivity contribution is -0.137. The van der Waals surface area contributed by atoms with E-state index in [1.807, 2.05) is 18.0 Å². The van der Waals surface area contributed by atoms with E-state index in [1.54, 1.807) is 13.0 Å². The summed E-state index contributed by atoms with van der Waals surface area (Å²) in [6.45, 7) is 3.88. The SMILES string of the molecule is Cc1sc2ccc(N)c(C#N)c2c1-c1c(C(F)(F)F)cc2c(N3CC4CCC(C3)N4)nc(OC[C@@H]3CCN3C)nc2c1F. The van der Waals surface area contributed by atoms with E-state index in [-0.39, 0.29) is 69.7 Å². The molecule has 3 aliphatic rings. The number of ether oxygens (including phenoxy) is 1. The highest BCUT2D eigenvalue weighted by atomic mass is 32.1. The van der Waals surface area contributed by atoms with Gasteiger partial charge in [0.25, 0.3) is 0 Å². The molecule has 0 spiro atoms. The number of likely N-dealkylation sites (N-methyl/N-ethyl adjacent to an activating group) is 1. The fraction of sp³-hybridized carbons (Fsp3) is 0.433. The molecule has 5 heterocycles. The zero-order valence-electron chi connectivity index (χ0n) is 23.6. The predicted octanol–water partition coefficient (Wildman–Crippen LogP) is 5.46. The van der Waals surface area contributed by atoms with Crippen molar-refractivity contribution in [1.82, 2.24) is 20.2 Å². The van der Waals surface area contributed by atoms with E-state index in [1.165, 1.54) is 17.4 Å². The van der Waals surface area contributed by atoms with Crippen molar-refractivity contribution >= 4 is 43.8 Å². The highest BCUT2D eigenvalue weighted by Gasteiger charge is 2.40. The predicted molar refractivity (Wildman–Crippen MR) is 158 cm³/mol. The number of nitrogens with one attached hydrogen (secondary N) is 1. The minimum absolute atomic E-state index is 0.00508. The second-order valence-corrected chi connectivity index (χ2v) is 12.9. The number of piperazine rings is 1. The summed E-state index contributed by atoms with van der Waals surface area (Å²) in [7, 11) is 1.97. The van der Waals surface area contributed by atoms with E-state index in [4.69, 9.17) is 10.5 Å². The number of halogens is 4. The summed E-state index contributed by atoms with van der Waals surface area (Å²) in [6, 6.07) is 6.54. The van der Waals surface area contributed by atoms with Crippen molar-refractivity contribution in [3.8, 4) is 23.2 Å². The van der Waals surface area contributed by atoms with Gasteiger partial charge < -0.3 is 20.7 Å². The average Bonchev–Trinajstić information content (AvgIpc) is 3.48. The fourth-order valence-electron chi connectivity index (χ4n) is 6.63. The molecule has 0 radical (unpaired) electrons.